The zero-order valence-corrected chi connectivity index (χ0v) is 11.8. The summed E-state index contributed by atoms with van der Waals surface area (Å²) in [6.45, 7) is 4.70. The predicted molar refractivity (Wildman–Crippen MR) is 71.3 cm³/mol. The lowest BCUT2D eigenvalue weighted by Gasteiger charge is -2.31. The number of nitrogens with one attached hydrogen (secondary N) is 1. The van der Waals surface area contributed by atoms with E-state index in [1.165, 1.54) is 12.1 Å². The van der Waals surface area contributed by atoms with E-state index < -0.39 is 0 Å². The molecule has 1 rings (SSSR count). The molecular formula is C13H19BrFNO. The molecule has 0 aliphatic rings. The van der Waals surface area contributed by atoms with Gasteiger partial charge in [-0.05, 0) is 36.6 Å². The monoisotopic (exact) mass is 303 g/mol. The minimum absolute atomic E-state index is 0.0902. The van der Waals surface area contributed by atoms with Gasteiger partial charge in [0.05, 0.1) is 6.61 Å². The second-order valence-electron chi connectivity index (χ2n) is 4.23. The molecule has 1 aromatic carbocycles. The van der Waals surface area contributed by atoms with E-state index in [1.807, 2.05) is 13.8 Å². The van der Waals surface area contributed by atoms with Crippen LogP contribution in [0.5, 0.6) is 0 Å². The lowest BCUT2D eigenvalue weighted by Crippen LogP contribution is -2.47. The van der Waals surface area contributed by atoms with Crippen molar-refractivity contribution in [1.82, 2.24) is 5.32 Å². The van der Waals surface area contributed by atoms with E-state index >= 15 is 0 Å². The van der Waals surface area contributed by atoms with Crippen LogP contribution in [0, 0.1) is 5.82 Å². The lowest BCUT2D eigenvalue weighted by atomic mass is 9.93. The Morgan fingerprint density at radius 1 is 1.35 bits per heavy atom. The van der Waals surface area contributed by atoms with Crippen LogP contribution >= 0.6 is 15.9 Å². The normalized spacial score (nSPS) is 11.8. The molecule has 0 spiro atoms. The number of hydrogen-bond acceptors (Lipinski definition) is 2. The molecular weight excluding hydrogens is 285 g/mol. The number of aliphatic hydroxyl groups excluding tert-OH is 1. The molecule has 0 bridgehead atoms. The van der Waals surface area contributed by atoms with Crippen molar-refractivity contribution in [2.75, 3.05) is 6.61 Å². The first-order valence-corrected chi connectivity index (χ1v) is 6.66. The van der Waals surface area contributed by atoms with Gasteiger partial charge in [-0.15, -0.1) is 0 Å². The zero-order valence-electron chi connectivity index (χ0n) is 10.3. The van der Waals surface area contributed by atoms with Crippen LogP contribution in [-0.4, -0.2) is 17.3 Å². The average Bonchev–Trinajstić information content (AvgIpc) is 2.35. The van der Waals surface area contributed by atoms with Crippen LogP contribution in [0.4, 0.5) is 4.39 Å². The summed E-state index contributed by atoms with van der Waals surface area (Å²) in [4.78, 5) is 0. The van der Waals surface area contributed by atoms with Gasteiger partial charge in [0, 0.05) is 16.6 Å². The molecule has 0 saturated heterocycles. The van der Waals surface area contributed by atoms with Crippen molar-refractivity contribution in [1.29, 1.82) is 0 Å². The van der Waals surface area contributed by atoms with Gasteiger partial charge in [0.25, 0.3) is 0 Å². The largest absolute Gasteiger partial charge is 0.394 e. The molecule has 0 aliphatic heterocycles. The number of aliphatic hydroxyl groups is 1. The fraction of sp³-hybridized carbons (Fsp3) is 0.538. The molecule has 4 heteroatoms. The first-order valence-electron chi connectivity index (χ1n) is 5.86. The third-order valence-corrected chi connectivity index (χ3v) is 4.09. The second kappa shape index (κ2) is 6.47. The summed E-state index contributed by atoms with van der Waals surface area (Å²) in [6.07, 6.45) is 1.68. The van der Waals surface area contributed by atoms with Gasteiger partial charge < -0.3 is 10.4 Å². The van der Waals surface area contributed by atoms with Crippen LogP contribution < -0.4 is 5.32 Å². The second-order valence-corrected chi connectivity index (χ2v) is 5.09. The van der Waals surface area contributed by atoms with Crippen LogP contribution in [0.1, 0.15) is 32.3 Å². The van der Waals surface area contributed by atoms with Crippen molar-refractivity contribution in [2.24, 2.45) is 0 Å². The number of halogens is 2. The number of benzene rings is 1. The summed E-state index contributed by atoms with van der Waals surface area (Å²) >= 11 is 3.39. The van der Waals surface area contributed by atoms with E-state index in [-0.39, 0.29) is 18.0 Å². The smallest absolute Gasteiger partial charge is 0.123 e. The van der Waals surface area contributed by atoms with E-state index in [0.717, 1.165) is 22.9 Å². The van der Waals surface area contributed by atoms with Crippen molar-refractivity contribution in [3.8, 4) is 0 Å². The molecule has 0 unspecified atom stereocenters. The van der Waals surface area contributed by atoms with Gasteiger partial charge >= 0.3 is 0 Å². The molecule has 96 valence electrons. The molecule has 0 fully saturated rings. The van der Waals surface area contributed by atoms with E-state index in [1.54, 1.807) is 6.07 Å². The number of hydrogen-bond donors (Lipinski definition) is 2. The Bertz CT molecular complexity index is 358. The van der Waals surface area contributed by atoms with Crippen LogP contribution in [0.25, 0.3) is 0 Å². The molecule has 2 N–H and O–H groups in total. The van der Waals surface area contributed by atoms with E-state index in [0.29, 0.717) is 6.54 Å². The van der Waals surface area contributed by atoms with Gasteiger partial charge in [-0.1, -0.05) is 29.8 Å². The van der Waals surface area contributed by atoms with Crippen molar-refractivity contribution < 1.29 is 9.50 Å². The van der Waals surface area contributed by atoms with Gasteiger partial charge in [0.1, 0.15) is 5.82 Å². The first-order chi connectivity index (χ1) is 8.06. The Morgan fingerprint density at radius 3 is 2.53 bits per heavy atom. The summed E-state index contributed by atoms with van der Waals surface area (Å²) in [5.74, 6) is -0.243. The number of rotatable bonds is 6. The standard InChI is InChI=1S/C13H19BrFNO/c1-3-13(4-2,9-17)16-8-10-7-11(15)5-6-12(10)14/h5-7,16-17H,3-4,8-9H2,1-2H3. The van der Waals surface area contributed by atoms with Crippen LogP contribution in [0.3, 0.4) is 0 Å². The van der Waals surface area contributed by atoms with Gasteiger partial charge in [0.2, 0.25) is 0 Å². The van der Waals surface area contributed by atoms with Crippen LogP contribution in [0.15, 0.2) is 22.7 Å². The average molecular weight is 304 g/mol. The molecule has 0 atom stereocenters. The fourth-order valence-electron chi connectivity index (χ4n) is 1.74. The summed E-state index contributed by atoms with van der Waals surface area (Å²) in [7, 11) is 0. The molecule has 0 aliphatic carbocycles. The van der Waals surface area contributed by atoms with Crippen molar-refractivity contribution in [3.63, 3.8) is 0 Å². The minimum Gasteiger partial charge on any atom is -0.394 e. The minimum atomic E-state index is -0.272. The maximum Gasteiger partial charge on any atom is 0.123 e. The highest BCUT2D eigenvalue weighted by atomic mass is 79.9. The van der Waals surface area contributed by atoms with E-state index in [2.05, 4.69) is 21.2 Å². The Morgan fingerprint density at radius 2 is 2.00 bits per heavy atom. The molecule has 0 radical (unpaired) electrons. The van der Waals surface area contributed by atoms with Crippen LogP contribution in [-0.2, 0) is 6.54 Å². The lowest BCUT2D eigenvalue weighted by molar-refractivity contribution is 0.149. The van der Waals surface area contributed by atoms with E-state index in [4.69, 9.17) is 0 Å². The third kappa shape index (κ3) is 3.76. The molecule has 0 aromatic heterocycles. The Hall–Kier alpha value is -0.450. The van der Waals surface area contributed by atoms with Crippen molar-refractivity contribution in [3.05, 3.63) is 34.1 Å². The van der Waals surface area contributed by atoms with Gasteiger partial charge in [-0.25, -0.2) is 4.39 Å². The SMILES string of the molecule is CCC(CC)(CO)NCc1cc(F)ccc1Br. The zero-order chi connectivity index (χ0) is 12.9. The van der Waals surface area contributed by atoms with Crippen LogP contribution in [0.2, 0.25) is 0 Å². The Balaban J connectivity index is 2.75. The summed E-state index contributed by atoms with van der Waals surface area (Å²) < 4.78 is 14.0. The first kappa shape index (κ1) is 14.6. The molecule has 17 heavy (non-hydrogen) atoms. The Labute approximate surface area is 110 Å². The molecule has 0 amide bonds. The molecule has 2 nitrogen and oxygen atoms in total. The van der Waals surface area contributed by atoms with Gasteiger partial charge in [0.15, 0.2) is 0 Å². The highest BCUT2D eigenvalue weighted by Crippen LogP contribution is 2.20. The summed E-state index contributed by atoms with van der Waals surface area (Å²) in [5.41, 5.74) is 0.593. The third-order valence-electron chi connectivity index (χ3n) is 3.32. The van der Waals surface area contributed by atoms with Gasteiger partial charge in [-0.2, -0.15) is 0 Å². The summed E-state index contributed by atoms with van der Waals surface area (Å²) in [5, 5.41) is 12.8. The van der Waals surface area contributed by atoms with Gasteiger partial charge in [-0.3, -0.25) is 0 Å². The maximum absolute atomic E-state index is 13.1. The van der Waals surface area contributed by atoms with Crippen molar-refractivity contribution >= 4 is 15.9 Å². The maximum atomic E-state index is 13.1. The highest BCUT2D eigenvalue weighted by molar-refractivity contribution is 9.10. The Kier molecular flexibility index (Phi) is 5.56. The molecule has 1 aromatic rings. The predicted octanol–water partition coefficient (Wildman–Crippen LogP) is 3.23. The highest BCUT2D eigenvalue weighted by Gasteiger charge is 2.24. The fourth-order valence-corrected chi connectivity index (χ4v) is 2.13. The van der Waals surface area contributed by atoms with E-state index in [9.17, 15) is 9.50 Å². The molecule has 0 heterocycles. The summed E-state index contributed by atoms with van der Waals surface area (Å²) in [6, 6.07) is 4.63. The topological polar surface area (TPSA) is 32.3 Å². The quantitative estimate of drug-likeness (QED) is 0.846. The molecule has 0 saturated carbocycles. The van der Waals surface area contributed by atoms with Crippen molar-refractivity contribution in [2.45, 2.75) is 38.8 Å².